The lowest BCUT2D eigenvalue weighted by Crippen LogP contribution is -2.44. The summed E-state index contributed by atoms with van der Waals surface area (Å²) < 4.78 is 5.30. The van der Waals surface area contributed by atoms with Gasteiger partial charge in [-0.2, -0.15) is 0 Å². The van der Waals surface area contributed by atoms with Crippen molar-refractivity contribution in [1.82, 2.24) is 20.4 Å². The summed E-state index contributed by atoms with van der Waals surface area (Å²) in [5, 5.41) is 13.3. The van der Waals surface area contributed by atoms with Crippen LogP contribution in [0.1, 0.15) is 28.1 Å². The van der Waals surface area contributed by atoms with Crippen molar-refractivity contribution in [2.75, 3.05) is 12.4 Å². The molecule has 26 heavy (non-hydrogen) atoms. The van der Waals surface area contributed by atoms with Gasteiger partial charge in [-0.05, 0) is 32.0 Å². The topological polar surface area (TPSA) is 136 Å². The van der Waals surface area contributed by atoms with E-state index in [9.17, 15) is 14.4 Å². The molecule has 9 heteroatoms. The normalized spacial score (nSPS) is 15.0. The van der Waals surface area contributed by atoms with E-state index in [2.05, 4.69) is 25.7 Å². The molecule has 4 rings (SSSR count). The number of ether oxygens (including phenoxy) is 1. The average molecular weight is 355 g/mol. The fraction of sp³-hybridized carbons (Fsp3) is 0.235. The van der Waals surface area contributed by atoms with E-state index < -0.39 is 22.4 Å². The first-order valence-electron chi connectivity index (χ1n) is 7.96. The quantitative estimate of drug-likeness (QED) is 0.471. The largest absolute Gasteiger partial charge is 0.497 e. The molecule has 3 heterocycles. The fourth-order valence-corrected chi connectivity index (χ4v) is 3.82. The standard InChI is InChI=1S/C17H17N5O4/c1-7-12(14(23)21-19-7)17(13-8(2)20-22-15(13)24)10-6-9(26-3)4-5-11(10)18-16(17)25/h4-6H,1-3H3,(H,18,25)(H2,19,21,23)(H2,20,22,24). The van der Waals surface area contributed by atoms with Gasteiger partial charge in [-0.15, -0.1) is 0 Å². The molecule has 1 amide bonds. The van der Waals surface area contributed by atoms with Crippen LogP contribution in [0.4, 0.5) is 5.69 Å². The van der Waals surface area contributed by atoms with Crippen LogP contribution in [0.5, 0.6) is 5.75 Å². The van der Waals surface area contributed by atoms with Crippen molar-refractivity contribution in [3.05, 3.63) is 67.0 Å². The molecule has 0 saturated heterocycles. The molecule has 134 valence electrons. The number of anilines is 1. The number of rotatable bonds is 3. The monoisotopic (exact) mass is 355 g/mol. The van der Waals surface area contributed by atoms with Gasteiger partial charge in [-0.1, -0.05) is 0 Å². The third kappa shape index (κ3) is 1.82. The summed E-state index contributed by atoms with van der Waals surface area (Å²) in [5.74, 6) is 0.0426. The minimum Gasteiger partial charge on any atom is -0.497 e. The van der Waals surface area contributed by atoms with Gasteiger partial charge in [0, 0.05) is 22.6 Å². The minimum absolute atomic E-state index is 0.176. The lowest BCUT2D eigenvalue weighted by atomic mass is 9.70. The number of aromatic nitrogens is 4. The molecular weight excluding hydrogens is 338 g/mol. The van der Waals surface area contributed by atoms with E-state index in [1.807, 2.05) is 0 Å². The SMILES string of the molecule is COc1ccc2c(c1)C(c1c(C)[nH][nH]c1=O)(c1c(C)[nH][nH]c1=O)C(=O)N2. The molecule has 0 spiro atoms. The van der Waals surface area contributed by atoms with Crippen molar-refractivity contribution < 1.29 is 9.53 Å². The van der Waals surface area contributed by atoms with E-state index in [1.54, 1.807) is 32.0 Å². The number of H-pyrrole nitrogens is 4. The van der Waals surface area contributed by atoms with Gasteiger partial charge in [0.2, 0.25) is 5.91 Å². The number of hydrogen-bond acceptors (Lipinski definition) is 4. The maximum absolute atomic E-state index is 13.3. The maximum Gasteiger partial charge on any atom is 0.269 e. The van der Waals surface area contributed by atoms with E-state index in [0.717, 1.165) is 0 Å². The highest BCUT2D eigenvalue weighted by Gasteiger charge is 2.55. The molecule has 0 unspecified atom stereocenters. The van der Waals surface area contributed by atoms with Gasteiger partial charge in [-0.25, -0.2) is 0 Å². The molecule has 1 aliphatic heterocycles. The van der Waals surface area contributed by atoms with Crippen LogP contribution >= 0.6 is 0 Å². The van der Waals surface area contributed by atoms with Crippen LogP contribution in [-0.4, -0.2) is 33.4 Å². The highest BCUT2D eigenvalue weighted by atomic mass is 16.5. The fourth-order valence-electron chi connectivity index (χ4n) is 3.82. The zero-order chi connectivity index (χ0) is 18.6. The average Bonchev–Trinajstić information content (AvgIpc) is 3.22. The van der Waals surface area contributed by atoms with Crippen molar-refractivity contribution >= 4 is 11.6 Å². The molecule has 2 aromatic heterocycles. The van der Waals surface area contributed by atoms with Gasteiger partial charge in [0.25, 0.3) is 11.1 Å². The summed E-state index contributed by atoms with van der Waals surface area (Å²) in [6.45, 7) is 3.35. The van der Waals surface area contributed by atoms with Gasteiger partial charge in [0.15, 0.2) is 0 Å². The Morgan fingerprint density at radius 3 is 1.92 bits per heavy atom. The first kappa shape index (κ1) is 16.0. The van der Waals surface area contributed by atoms with Crippen molar-refractivity contribution in [2.24, 2.45) is 0 Å². The highest BCUT2D eigenvalue weighted by Crippen LogP contribution is 2.48. The Morgan fingerprint density at radius 2 is 1.46 bits per heavy atom. The number of methoxy groups -OCH3 is 1. The predicted octanol–water partition coefficient (Wildman–Crippen LogP) is 0.631. The molecule has 3 aromatic rings. The van der Waals surface area contributed by atoms with E-state index in [0.29, 0.717) is 28.4 Å². The number of aromatic amines is 4. The summed E-state index contributed by atoms with van der Waals surface area (Å²) in [4.78, 5) is 38.6. The zero-order valence-corrected chi connectivity index (χ0v) is 14.4. The highest BCUT2D eigenvalue weighted by molar-refractivity contribution is 6.11. The van der Waals surface area contributed by atoms with E-state index in [4.69, 9.17) is 4.74 Å². The van der Waals surface area contributed by atoms with Gasteiger partial charge in [0.1, 0.15) is 11.2 Å². The van der Waals surface area contributed by atoms with Crippen LogP contribution in [0.2, 0.25) is 0 Å². The van der Waals surface area contributed by atoms with Crippen molar-refractivity contribution in [2.45, 2.75) is 19.3 Å². The third-order valence-electron chi connectivity index (χ3n) is 4.90. The number of carbonyl (C=O) groups is 1. The Balaban J connectivity index is 2.22. The van der Waals surface area contributed by atoms with Gasteiger partial charge < -0.3 is 20.3 Å². The lowest BCUT2D eigenvalue weighted by molar-refractivity contribution is -0.118. The first-order chi connectivity index (χ1) is 12.4. The Labute approximate surface area is 146 Å². The lowest BCUT2D eigenvalue weighted by Gasteiger charge is -2.26. The van der Waals surface area contributed by atoms with E-state index in [1.165, 1.54) is 7.11 Å². The van der Waals surface area contributed by atoms with Crippen LogP contribution in [0, 0.1) is 13.8 Å². The third-order valence-corrected chi connectivity index (χ3v) is 4.90. The Hall–Kier alpha value is -3.49. The summed E-state index contributed by atoms with van der Waals surface area (Å²) >= 11 is 0. The van der Waals surface area contributed by atoms with Crippen LogP contribution < -0.4 is 21.2 Å². The van der Waals surface area contributed by atoms with Crippen LogP contribution in [0.15, 0.2) is 27.8 Å². The molecule has 5 N–H and O–H groups in total. The summed E-state index contributed by atoms with van der Waals surface area (Å²) in [7, 11) is 1.51. The predicted molar refractivity (Wildman–Crippen MR) is 93.8 cm³/mol. The van der Waals surface area contributed by atoms with Gasteiger partial charge >= 0.3 is 0 Å². The smallest absolute Gasteiger partial charge is 0.269 e. The molecule has 1 aliphatic rings. The zero-order valence-electron chi connectivity index (χ0n) is 14.4. The molecule has 0 fully saturated rings. The van der Waals surface area contributed by atoms with Crippen molar-refractivity contribution in [3.8, 4) is 5.75 Å². The van der Waals surface area contributed by atoms with Crippen molar-refractivity contribution in [3.63, 3.8) is 0 Å². The summed E-state index contributed by atoms with van der Waals surface area (Å²) in [6, 6.07) is 5.07. The molecule has 0 aliphatic carbocycles. The number of benzene rings is 1. The van der Waals surface area contributed by atoms with Gasteiger partial charge in [0.05, 0.1) is 18.2 Å². The number of hydrogen-bond donors (Lipinski definition) is 5. The minimum atomic E-state index is -1.60. The number of amides is 1. The second-order valence-corrected chi connectivity index (χ2v) is 6.27. The number of carbonyl (C=O) groups excluding carboxylic acids is 1. The molecule has 1 aromatic carbocycles. The van der Waals surface area contributed by atoms with E-state index in [-0.39, 0.29) is 11.1 Å². The van der Waals surface area contributed by atoms with Crippen LogP contribution in [-0.2, 0) is 10.2 Å². The molecule has 0 saturated carbocycles. The maximum atomic E-state index is 13.3. The number of nitrogens with one attached hydrogen (secondary N) is 5. The Bertz CT molecular complexity index is 1090. The first-order valence-corrected chi connectivity index (χ1v) is 7.96. The second kappa shape index (κ2) is 5.25. The Morgan fingerprint density at radius 1 is 0.885 bits per heavy atom. The van der Waals surface area contributed by atoms with Gasteiger partial charge in [-0.3, -0.25) is 24.6 Å². The second-order valence-electron chi connectivity index (χ2n) is 6.27. The molecule has 0 radical (unpaired) electrons. The number of fused-ring (bicyclic) bond motifs is 1. The molecular formula is C17H17N5O4. The Kier molecular flexibility index (Phi) is 3.23. The molecule has 9 nitrogen and oxygen atoms in total. The number of aryl methyl sites for hydroxylation is 2. The summed E-state index contributed by atoms with van der Waals surface area (Å²) in [6.07, 6.45) is 0. The van der Waals surface area contributed by atoms with Crippen molar-refractivity contribution in [1.29, 1.82) is 0 Å². The molecule has 0 bridgehead atoms. The molecule has 0 atom stereocenters. The summed E-state index contributed by atoms with van der Waals surface area (Å²) in [5.41, 5.74) is -0.216. The van der Waals surface area contributed by atoms with Crippen LogP contribution in [0.3, 0.4) is 0 Å². The van der Waals surface area contributed by atoms with E-state index >= 15 is 0 Å². The van der Waals surface area contributed by atoms with Crippen LogP contribution in [0.25, 0.3) is 0 Å².